The zero-order valence-electron chi connectivity index (χ0n) is 7.59. The summed E-state index contributed by atoms with van der Waals surface area (Å²) in [5, 5.41) is 8.55. The van der Waals surface area contributed by atoms with Crippen molar-refractivity contribution < 1.29 is 0 Å². The molecule has 2 aromatic rings. The molecule has 67 valence electrons. The number of nitrogens with one attached hydrogen (secondary N) is 1. The van der Waals surface area contributed by atoms with Gasteiger partial charge in [-0.05, 0) is 18.9 Å². The summed E-state index contributed by atoms with van der Waals surface area (Å²) < 4.78 is 0. The van der Waals surface area contributed by atoms with E-state index in [-0.39, 0.29) is 0 Å². The monoisotopic (exact) mass is 173 g/mol. The third-order valence-electron chi connectivity index (χ3n) is 2.21. The molecule has 0 spiro atoms. The van der Waals surface area contributed by atoms with Gasteiger partial charge in [0.1, 0.15) is 0 Å². The summed E-state index contributed by atoms with van der Waals surface area (Å²) in [5.41, 5.74) is 2.29. The highest BCUT2D eigenvalue weighted by atomic mass is 15.1. The number of benzene rings is 1. The second kappa shape index (κ2) is 3.60. The molecule has 1 aromatic heterocycles. The largest absolute Gasteiger partial charge is 0.278 e. The molecule has 13 heavy (non-hydrogen) atoms. The van der Waals surface area contributed by atoms with Gasteiger partial charge in [0.25, 0.3) is 0 Å². The predicted molar refractivity (Wildman–Crippen MR) is 54.4 cm³/mol. The topological polar surface area (TPSA) is 28.7 Å². The molecule has 0 aliphatic heterocycles. The highest BCUT2D eigenvalue weighted by molar-refractivity contribution is 5.81. The Kier molecular flexibility index (Phi) is 2.30. The lowest BCUT2D eigenvalue weighted by molar-refractivity contribution is 0.813. The number of aromatic amines is 1. The molecule has 0 saturated carbocycles. The molecule has 0 saturated heterocycles. The first-order chi connectivity index (χ1) is 6.42. The molecular formula is C11H13N2. The van der Waals surface area contributed by atoms with E-state index in [0.717, 1.165) is 24.8 Å². The Balaban J connectivity index is 2.35. The third kappa shape index (κ3) is 1.57. The molecule has 0 atom stereocenters. The predicted octanol–water partition coefficient (Wildman–Crippen LogP) is 2.72. The summed E-state index contributed by atoms with van der Waals surface area (Å²) in [4.78, 5) is 0. The Hall–Kier alpha value is -1.31. The number of aromatic nitrogens is 2. The SMILES string of the molecule is [CH2]CCCc1n[nH]c2ccccc12. The van der Waals surface area contributed by atoms with Crippen molar-refractivity contribution in [1.29, 1.82) is 0 Å². The van der Waals surface area contributed by atoms with Crippen LogP contribution < -0.4 is 0 Å². The average molecular weight is 173 g/mol. The highest BCUT2D eigenvalue weighted by Crippen LogP contribution is 2.16. The van der Waals surface area contributed by atoms with Crippen molar-refractivity contribution in [2.45, 2.75) is 19.3 Å². The summed E-state index contributed by atoms with van der Waals surface area (Å²) in [6.07, 6.45) is 3.10. The van der Waals surface area contributed by atoms with Crippen LogP contribution in [-0.2, 0) is 6.42 Å². The number of H-pyrrole nitrogens is 1. The Morgan fingerprint density at radius 3 is 3.00 bits per heavy atom. The lowest BCUT2D eigenvalue weighted by Gasteiger charge is -1.93. The molecule has 2 rings (SSSR count). The normalized spacial score (nSPS) is 10.8. The van der Waals surface area contributed by atoms with E-state index in [2.05, 4.69) is 29.3 Å². The van der Waals surface area contributed by atoms with Crippen molar-refractivity contribution in [3.63, 3.8) is 0 Å². The molecular weight excluding hydrogens is 160 g/mol. The first-order valence-corrected chi connectivity index (χ1v) is 4.63. The Morgan fingerprint density at radius 2 is 2.15 bits per heavy atom. The third-order valence-corrected chi connectivity index (χ3v) is 2.21. The van der Waals surface area contributed by atoms with Gasteiger partial charge in [0.05, 0.1) is 11.2 Å². The van der Waals surface area contributed by atoms with Crippen molar-refractivity contribution in [2.24, 2.45) is 0 Å². The minimum Gasteiger partial charge on any atom is -0.278 e. The molecule has 1 radical (unpaired) electrons. The molecule has 1 aromatic carbocycles. The maximum absolute atomic E-state index is 4.28. The molecule has 0 fully saturated rings. The van der Waals surface area contributed by atoms with E-state index in [1.807, 2.05) is 12.1 Å². The zero-order valence-corrected chi connectivity index (χ0v) is 7.59. The number of fused-ring (bicyclic) bond motifs is 1. The van der Waals surface area contributed by atoms with E-state index >= 15 is 0 Å². The van der Waals surface area contributed by atoms with Crippen molar-refractivity contribution in [3.05, 3.63) is 36.9 Å². The van der Waals surface area contributed by atoms with Crippen molar-refractivity contribution in [1.82, 2.24) is 10.2 Å². The van der Waals surface area contributed by atoms with Crippen LogP contribution >= 0.6 is 0 Å². The fraction of sp³-hybridized carbons (Fsp3) is 0.273. The van der Waals surface area contributed by atoms with Crippen LogP contribution in [0.4, 0.5) is 0 Å². The molecule has 0 unspecified atom stereocenters. The maximum Gasteiger partial charge on any atom is 0.0700 e. The Morgan fingerprint density at radius 1 is 1.31 bits per heavy atom. The van der Waals surface area contributed by atoms with E-state index in [9.17, 15) is 0 Å². The van der Waals surface area contributed by atoms with E-state index in [0.29, 0.717) is 0 Å². The van der Waals surface area contributed by atoms with Crippen molar-refractivity contribution >= 4 is 10.9 Å². The van der Waals surface area contributed by atoms with Gasteiger partial charge in [-0.15, -0.1) is 0 Å². The first-order valence-electron chi connectivity index (χ1n) is 4.63. The van der Waals surface area contributed by atoms with Gasteiger partial charge in [-0.1, -0.05) is 31.5 Å². The van der Waals surface area contributed by atoms with Crippen LogP contribution in [0, 0.1) is 6.92 Å². The van der Waals surface area contributed by atoms with Gasteiger partial charge in [0.2, 0.25) is 0 Å². The minimum atomic E-state index is 0.973. The molecule has 2 heteroatoms. The van der Waals surface area contributed by atoms with Gasteiger partial charge in [-0.25, -0.2) is 0 Å². The van der Waals surface area contributed by atoms with Crippen LogP contribution in [0.15, 0.2) is 24.3 Å². The highest BCUT2D eigenvalue weighted by Gasteiger charge is 2.02. The molecule has 2 nitrogen and oxygen atoms in total. The van der Waals surface area contributed by atoms with Gasteiger partial charge >= 0.3 is 0 Å². The molecule has 1 N–H and O–H groups in total. The van der Waals surface area contributed by atoms with Crippen LogP contribution in [0.25, 0.3) is 10.9 Å². The standard InChI is InChI=1S/C11H13N2/c1-2-3-7-10-9-6-4-5-8-11(9)13-12-10/h4-6,8H,1-3,7H2,(H,12,13). The first kappa shape index (κ1) is 8.30. The number of rotatable bonds is 3. The number of nitrogens with zero attached hydrogens (tertiary/aromatic N) is 1. The van der Waals surface area contributed by atoms with Crippen molar-refractivity contribution in [3.8, 4) is 0 Å². The quantitative estimate of drug-likeness (QED) is 0.759. The lowest BCUT2D eigenvalue weighted by Crippen LogP contribution is -1.84. The fourth-order valence-electron chi connectivity index (χ4n) is 1.50. The lowest BCUT2D eigenvalue weighted by atomic mass is 10.1. The number of unbranched alkanes of at least 4 members (excludes halogenated alkanes) is 1. The number of hydrogen-bond acceptors (Lipinski definition) is 1. The van der Waals surface area contributed by atoms with Crippen LogP contribution in [0.1, 0.15) is 18.5 Å². The van der Waals surface area contributed by atoms with E-state index in [1.165, 1.54) is 11.1 Å². The average Bonchev–Trinajstić information content (AvgIpc) is 2.58. The second-order valence-electron chi connectivity index (χ2n) is 3.17. The molecule has 0 aliphatic rings. The maximum atomic E-state index is 4.28. The number of para-hydroxylation sites is 1. The Bertz CT molecular complexity index is 390. The summed E-state index contributed by atoms with van der Waals surface area (Å²) in [7, 11) is 0. The zero-order chi connectivity index (χ0) is 9.10. The smallest absolute Gasteiger partial charge is 0.0700 e. The number of hydrogen-bond donors (Lipinski definition) is 1. The van der Waals surface area contributed by atoms with Gasteiger partial charge in [-0.2, -0.15) is 5.10 Å². The van der Waals surface area contributed by atoms with E-state index in [4.69, 9.17) is 0 Å². The molecule has 0 aliphatic carbocycles. The second-order valence-corrected chi connectivity index (χ2v) is 3.17. The van der Waals surface area contributed by atoms with E-state index in [1.54, 1.807) is 0 Å². The van der Waals surface area contributed by atoms with Crippen LogP contribution in [0.5, 0.6) is 0 Å². The fourth-order valence-corrected chi connectivity index (χ4v) is 1.50. The molecule has 0 bridgehead atoms. The summed E-state index contributed by atoms with van der Waals surface area (Å²) in [6.45, 7) is 3.83. The Labute approximate surface area is 78.0 Å². The van der Waals surface area contributed by atoms with Crippen molar-refractivity contribution in [2.75, 3.05) is 0 Å². The van der Waals surface area contributed by atoms with Crippen LogP contribution in [0.3, 0.4) is 0 Å². The summed E-state index contributed by atoms with van der Waals surface area (Å²) in [5.74, 6) is 0. The molecule has 1 heterocycles. The minimum absolute atomic E-state index is 0.973. The number of aryl methyl sites for hydroxylation is 1. The summed E-state index contributed by atoms with van der Waals surface area (Å²) in [6, 6.07) is 8.23. The molecule has 0 amide bonds. The van der Waals surface area contributed by atoms with Crippen LogP contribution in [-0.4, -0.2) is 10.2 Å². The van der Waals surface area contributed by atoms with E-state index < -0.39 is 0 Å². The van der Waals surface area contributed by atoms with Crippen LogP contribution in [0.2, 0.25) is 0 Å². The van der Waals surface area contributed by atoms with Gasteiger partial charge in [0.15, 0.2) is 0 Å². The summed E-state index contributed by atoms with van der Waals surface area (Å²) >= 11 is 0. The van der Waals surface area contributed by atoms with Gasteiger partial charge < -0.3 is 0 Å². The van der Waals surface area contributed by atoms with Gasteiger partial charge in [-0.3, -0.25) is 5.10 Å². The van der Waals surface area contributed by atoms with Gasteiger partial charge in [0, 0.05) is 5.39 Å².